The maximum absolute atomic E-state index is 12.7. The van der Waals surface area contributed by atoms with Gasteiger partial charge in [0.1, 0.15) is 5.69 Å². The van der Waals surface area contributed by atoms with Gasteiger partial charge < -0.3 is 20.5 Å². The van der Waals surface area contributed by atoms with Gasteiger partial charge in [0.25, 0.3) is 11.8 Å². The number of benzene rings is 1. The third-order valence-corrected chi connectivity index (χ3v) is 6.01. The second kappa shape index (κ2) is 9.61. The molecule has 3 aromatic rings. The number of para-hydroxylation sites is 1. The van der Waals surface area contributed by atoms with Gasteiger partial charge in [-0.05, 0) is 24.7 Å². The Hall–Kier alpha value is -2.39. The predicted octanol–water partition coefficient (Wildman–Crippen LogP) is 3.72. The summed E-state index contributed by atoms with van der Waals surface area (Å²) in [5, 5.41) is 6.69. The molecule has 0 spiro atoms. The van der Waals surface area contributed by atoms with Crippen molar-refractivity contribution >= 4 is 52.8 Å². The van der Waals surface area contributed by atoms with Crippen LogP contribution in [-0.2, 0) is 19.5 Å². The molecule has 10 heteroatoms. The zero-order chi connectivity index (χ0) is 20.4. The molecule has 3 heterocycles. The lowest BCUT2D eigenvalue weighted by Crippen LogP contribution is -2.25. The quantitative estimate of drug-likeness (QED) is 0.535. The standard InChI is InChI=1S/C20H20ClN5O2S.ClH/c1-26-7-6-15-17(11-26)29-20(25-15)19(28)24-14-5-3-2-4-12(14)9-23-18(27)16-8-13(21)10-22-16;/h2-5,8,10,22H,6-7,9,11H2,1H3,(H,23,27)(H,24,28);1H. The number of aromatic nitrogens is 2. The molecule has 0 fully saturated rings. The van der Waals surface area contributed by atoms with Crippen LogP contribution in [0.4, 0.5) is 5.69 Å². The average molecular weight is 466 g/mol. The highest BCUT2D eigenvalue weighted by molar-refractivity contribution is 7.13. The van der Waals surface area contributed by atoms with Crippen LogP contribution in [0.1, 0.15) is 36.4 Å². The van der Waals surface area contributed by atoms with Crippen LogP contribution in [0.25, 0.3) is 0 Å². The lowest BCUT2D eigenvalue weighted by Gasteiger charge is -2.20. The molecule has 3 N–H and O–H groups in total. The molecule has 0 aliphatic carbocycles. The first-order chi connectivity index (χ1) is 14.0. The fraction of sp³-hybridized carbons (Fsp3) is 0.250. The number of thiazole rings is 1. The van der Waals surface area contributed by atoms with Crippen LogP contribution in [0.5, 0.6) is 0 Å². The topological polar surface area (TPSA) is 90.1 Å². The molecule has 30 heavy (non-hydrogen) atoms. The third kappa shape index (κ3) is 5.02. The molecule has 158 valence electrons. The first-order valence-corrected chi connectivity index (χ1v) is 10.4. The Kier molecular flexibility index (Phi) is 7.14. The first kappa shape index (κ1) is 22.3. The number of aromatic amines is 1. The van der Waals surface area contributed by atoms with E-state index >= 15 is 0 Å². The van der Waals surface area contributed by atoms with Crippen LogP contribution in [-0.4, -0.2) is 40.3 Å². The SMILES string of the molecule is CN1CCc2nc(C(=O)Nc3ccccc3CNC(=O)c3cc(Cl)c[nH]3)sc2C1.Cl. The normalized spacial score (nSPS) is 13.3. The van der Waals surface area contributed by atoms with E-state index in [9.17, 15) is 9.59 Å². The molecule has 0 saturated heterocycles. The van der Waals surface area contributed by atoms with Gasteiger partial charge in [-0.2, -0.15) is 0 Å². The van der Waals surface area contributed by atoms with Crippen LogP contribution in [0.2, 0.25) is 5.02 Å². The number of fused-ring (bicyclic) bond motifs is 1. The summed E-state index contributed by atoms with van der Waals surface area (Å²) < 4.78 is 0. The Morgan fingerprint density at radius 3 is 2.87 bits per heavy atom. The number of hydrogen-bond acceptors (Lipinski definition) is 5. The van der Waals surface area contributed by atoms with E-state index in [0.717, 1.165) is 35.6 Å². The molecule has 2 amide bonds. The van der Waals surface area contributed by atoms with Gasteiger partial charge in [0.2, 0.25) is 0 Å². The Morgan fingerprint density at radius 1 is 1.30 bits per heavy atom. The van der Waals surface area contributed by atoms with Crippen molar-refractivity contribution < 1.29 is 9.59 Å². The van der Waals surface area contributed by atoms with E-state index in [1.165, 1.54) is 11.3 Å². The van der Waals surface area contributed by atoms with Gasteiger partial charge in [0.05, 0.1) is 10.7 Å². The molecule has 0 saturated carbocycles. The average Bonchev–Trinajstić information content (AvgIpc) is 3.33. The van der Waals surface area contributed by atoms with Gasteiger partial charge in [0.15, 0.2) is 5.01 Å². The number of carbonyl (C=O) groups excluding carboxylic acids is 2. The lowest BCUT2D eigenvalue weighted by molar-refractivity contribution is 0.0946. The molecular formula is C20H21Cl2N5O2S. The summed E-state index contributed by atoms with van der Waals surface area (Å²) in [6.07, 6.45) is 2.41. The van der Waals surface area contributed by atoms with Gasteiger partial charge in [0, 0.05) is 42.8 Å². The number of nitrogens with one attached hydrogen (secondary N) is 3. The zero-order valence-electron chi connectivity index (χ0n) is 16.2. The number of anilines is 1. The minimum Gasteiger partial charge on any atom is -0.356 e. The number of halogens is 2. The summed E-state index contributed by atoms with van der Waals surface area (Å²) in [5.41, 5.74) is 2.85. The molecule has 0 radical (unpaired) electrons. The van der Waals surface area contributed by atoms with Crippen LogP contribution in [0, 0.1) is 0 Å². The largest absolute Gasteiger partial charge is 0.356 e. The van der Waals surface area contributed by atoms with Crippen molar-refractivity contribution in [3.05, 3.63) is 68.4 Å². The highest BCUT2D eigenvalue weighted by Crippen LogP contribution is 2.25. The number of carbonyl (C=O) groups is 2. The summed E-state index contributed by atoms with van der Waals surface area (Å²) in [4.78, 5) is 35.7. The Labute approximate surface area is 189 Å². The van der Waals surface area contributed by atoms with E-state index in [1.54, 1.807) is 12.3 Å². The zero-order valence-corrected chi connectivity index (χ0v) is 18.6. The van der Waals surface area contributed by atoms with Crippen LogP contribution in [0.3, 0.4) is 0 Å². The maximum atomic E-state index is 12.7. The van der Waals surface area contributed by atoms with E-state index in [4.69, 9.17) is 11.6 Å². The molecule has 0 unspecified atom stereocenters. The van der Waals surface area contributed by atoms with E-state index in [2.05, 4.69) is 32.5 Å². The molecular weight excluding hydrogens is 445 g/mol. The van der Waals surface area contributed by atoms with Gasteiger partial charge >= 0.3 is 0 Å². The molecule has 1 aliphatic heterocycles. The smallest absolute Gasteiger partial charge is 0.284 e. The monoisotopic (exact) mass is 465 g/mol. The minimum absolute atomic E-state index is 0. The molecule has 1 aromatic carbocycles. The fourth-order valence-electron chi connectivity index (χ4n) is 3.16. The van der Waals surface area contributed by atoms with Crippen molar-refractivity contribution in [1.82, 2.24) is 20.2 Å². The number of hydrogen-bond donors (Lipinski definition) is 3. The third-order valence-electron chi connectivity index (χ3n) is 4.71. The van der Waals surface area contributed by atoms with E-state index in [1.807, 2.05) is 24.3 Å². The minimum atomic E-state index is -0.269. The second-order valence-corrected chi connectivity index (χ2v) is 8.42. The highest BCUT2D eigenvalue weighted by atomic mass is 35.5. The molecule has 2 aromatic heterocycles. The number of nitrogens with zero attached hydrogens (tertiary/aromatic N) is 2. The van der Waals surface area contributed by atoms with Crippen LogP contribution < -0.4 is 10.6 Å². The summed E-state index contributed by atoms with van der Waals surface area (Å²) in [7, 11) is 2.06. The first-order valence-electron chi connectivity index (χ1n) is 9.18. The Bertz CT molecular complexity index is 1070. The van der Waals surface area contributed by atoms with Crippen LogP contribution >= 0.6 is 35.3 Å². The molecule has 0 atom stereocenters. The van der Waals surface area contributed by atoms with Crippen molar-refractivity contribution in [2.75, 3.05) is 18.9 Å². The van der Waals surface area contributed by atoms with Crippen molar-refractivity contribution in [3.8, 4) is 0 Å². The van der Waals surface area contributed by atoms with Gasteiger partial charge in [-0.3, -0.25) is 9.59 Å². The van der Waals surface area contributed by atoms with Crippen molar-refractivity contribution in [2.45, 2.75) is 19.5 Å². The highest BCUT2D eigenvalue weighted by Gasteiger charge is 2.22. The summed E-state index contributed by atoms with van der Waals surface area (Å²) in [5.74, 6) is -0.503. The van der Waals surface area contributed by atoms with E-state index in [-0.39, 0.29) is 30.8 Å². The summed E-state index contributed by atoms with van der Waals surface area (Å²) in [6.45, 7) is 2.04. The van der Waals surface area contributed by atoms with Crippen molar-refractivity contribution in [3.63, 3.8) is 0 Å². The predicted molar refractivity (Wildman–Crippen MR) is 121 cm³/mol. The summed E-state index contributed by atoms with van der Waals surface area (Å²) in [6, 6.07) is 8.94. The van der Waals surface area contributed by atoms with Crippen molar-refractivity contribution in [2.24, 2.45) is 0 Å². The Balaban J connectivity index is 0.00000256. The maximum Gasteiger partial charge on any atom is 0.284 e. The van der Waals surface area contributed by atoms with Gasteiger partial charge in [-0.1, -0.05) is 29.8 Å². The number of H-pyrrole nitrogens is 1. The van der Waals surface area contributed by atoms with E-state index < -0.39 is 0 Å². The fourth-order valence-corrected chi connectivity index (χ4v) is 4.41. The number of rotatable bonds is 5. The lowest BCUT2D eigenvalue weighted by atomic mass is 10.1. The summed E-state index contributed by atoms with van der Waals surface area (Å²) >= 11 is 7.28. The number of likely N-dealkylation sites (N-methyl/N-ethyl adjacent to an activating group) is 1. The molecule has 7 nitrogen and oxygen atoms in total. The Morgan fingerprint density at radius 2 is 2.10 bits per heavy atom. The van der Waals surface area contributed by atoms with Crippen molar-refractivity contribution in [1.29, 1.82) is 0 Å². The molecule has 0 bridgehead atoms. The van der Waals surface area contributed by atoms with Gasteiger partial charge in [-0.25, -0.2) is 4.98 Å². The van der Waals surface area contributed by atoms with Crippen LogP contribution in [0.15, 0.2) is 36.5 Å². The molecule has 1 aliphatic rings. The molecule has 4 rings (SSSR count). The van der Waals surface area contributed by atoms with Gasteiger partial charge in [-0.15, -0.1) is 23.7 Å². The second-order valence-electron chi connectivity index (χ2n) is 6.90. The number of amides is 2. The van der Waals surface area contributed by atoms with E-state index in [0.29, 0.717) is 21.4 Å².